The van der Waals surface area contributed by atoms with Crippen molar-refractivity contribution in [1.29, 1.82) is 0 Å². The number of thiazole rings is 1. The van der Waals surface area contributed by atoms with Crippen molar-refractivity contribution < 1.29 is 19.0 Å². The van der Waals surface area contributed by atoms with Crippen LogP contribution in [0, 0.1) is 3.57 Å². The van der Waals surface area contributed by atoms with Gasteiger partial charge in [-0.15, -0.1) is 0 Å². The molecule has 2 heterocycles. The van der Waals surface area contributed by atoms with Crippen molar-refractivity contribution in [2.24, 2.45) is 4.99 Å². The van der Waals surface area contributed by atoms with E-state index in [1.807, 2.05) is 62.4 Å². The van der Waals surface area contributed by atoms with E-state index in [4.69, 9.17) is 37.4 Å². The number of nitrogens with zero attached hydrogens (tertiary/aromatic N) is 2. The number of aromatic nitrogens is 1. The van der Waals surface area contributed by atoms with Crippen molar-refractivity contribution in [1.82, 2.24) is 4.57 Å². The fourth-order valence-electron chi connectivity index (χ4n) is 4.84. The molecule has 0 unspecified atom stereocenters. The first-order valence-corrected chi connectivity index (χ1v) is 16.5. The normalized spacial score (nSPS) is 14.8. The van der Waals surface area contributed by atoms with Gasteiger partial charge in [-0.2, -0.15) is 0 Å². The van der Waals surface area contributed by atoms with Gasteiger partial charge in [-0.25, -0.2) is 9.79 Å². The average molecular weight is 763 g/mol. The van der Waals surface area contributed by atoms with Crippen LogP contribution in [0.2, 0.25) is 10.0 Å². The Kier molecular flexibility index (Phi) is 10.2. The van der Waals surface area contributed by atoms with E-state index in [0.717, 1.165) is 9.13 Å². The molecule has 11 heteroatoms. The van der Waals surface area contributed by atoms with Gasteiger partial charge >= 0.3 is 5.97 Å². The highest BCUT2D eigenvalue weighted by Crippen LogP contribution is 2.37. The zero-order chi connectivity index (χ0) is 31.5. The van der Waals surface area contributed by atoms with Crippen molar-refractivity contribution in [2.45, 2.75) is 46.4 Å². The molecule has 1 aliphatic rings. The smallest absolute Gasteiger partial charge is 0.338 e. The zero-order valence-electron chi connectivity index (χ0n) is 24.4. The number of para-hydroxylation sites is 1. The van der Waals surface area contributed by atoms with E-state index in [9.17, 15) is 9.59 Å². The Hall–Kier alpha value is -3.12. The molecule has 5 rings (SSSR count). The summed E-state index contributed by atoms with van der Waals surface area (Å²) >= 11 is 16.7. The lowest BCUT2D eigenvalue weighted by molar-refractivity contribution is -0.139. The van der Waals surface area contributed by atoms with E-state index in [1.165, 1.54) is 15.9 Å². The molecule has 1 atom stereocenters. The Balaban J connectivity index is 1.58. The van der Waals surface area contributed by atoms with E-state index in [1.54, 1.807) is 32.1 Å². The lowest BCUT2D eigenvalue weighted by Crippen LogP contribution is -2.40. The molecule has 0 saturated heterocycles. The van der Waals surface area contributed by atoms with Gasteiger partial charge in [0.2, 0.25) is 0 Å². The topological polar surface area (TPSA) is 79.1 Å². The Labute approximate surface area is 282 Å². The Morgan fingerprint density at radius 1 is 1.11 bits per heavy atom. The van der Waals surface area contributed by atoms with E-state index in [0.29, 0.717) is 54.3 Å². The van der Waals surface area contributed by atoms with E-state index in [-0.39, 0.29) is 23.8 Å². The molecule has 7 nitrogen and oxygen atoms in total. The second kappa shape index (κ2) is 13.9. The predicted octanol–water partition coefficient (Wildman–Crippen LogP) is 7.08. The quantitative estimate of drug-likeness (QED) is 0.135. The van der Waals surface area contributed by atoms with Gasteiger partial charge in [-0.3, -0.25) is 9.36 Å². The highest BCUT2D eigenvalue weighted by atomic mass is 127. The van der Waals surface area contributed by atoms with Crippen molar-refractivity contribution >= 4 is 69.2 Å². The molecule has 1 aromatic heterocycles. The molecule has 0 aliphatic carbocycles. The van der Waals surface area contributed by atoms with Crippen molar-refractivity contribution in [3.63, 3.8) is 0 Å². The minimum atomic E-state index is -0.799. The number of hydrogen-bond donors (Lipinski definition) is 0. The van der Waals surface area contributed by atoms with E-state index in [2.05, 4.69) is 27.6 Å². The van der Waals surface area contributed by atoms with Crippen LogP contribution in [0.25, 0.3) is 6.08 Å². The summed E-state index contributed by atoms with van der Waals surface area (Å²) in [5.41, 5.74) is 2.70. The molecule has 0 radical (unpaired) electrons. The Morgan fingerprint density at radius 3 is 2.45 bits per heavy atom. The molecule has 0 spiro atoms. The molecule has 228 valence electrons. The number of ether oxygens (including phenoxy) is 3. The Bertz CT molecular complexity index is 1910. The van der Waals surface area contributed by atoms with Gasteiger partial charge < -0.3 is 14.2 Å². The third kappa shape index (κ3) is 6.91. The summed E-state index contributed by atoms with van der Waals surface area (Å²) in [6, 6.07) is 17.9. The summed E-state index contributed by atoms with van der Waals surface area (Å²) in [5, 5.41) is 0.639. The van der Waals surface area contributed by atoms with Gasteiger partial charge in [0.05, 0.1) is 38.6 Å². The third-order valence-corrected chi connectivity index (χ3v) is 8.97. The molecule has 0 saturated carbocycles. The first-order chi connectivity index (χ1) is 21.1. The second-order valence-electron chi connectivity index (χ2n) is 10.2. The van der Waals surface area contributed by atoms with Crippen molar-refractivity contribution in [3.8, 4) is 11.5 Å². The summed E-state index contributed by atoms with van der Waals surface area (Å²) in [6.07, 6.45) is 1.59. The first-order valence-electron chi connectivity index (χ1n) is 13.9. The van der Waals surface area contributed by atoms with Gasteiger partial charge in [0.25, 0.3) is 5.56 Å². The molecule has 0 fully saturated rings. The van der Waals surface area contributed by atoms with Crippen LogP contribution in [-0.4, -0.2) is 23.2 Å². The van der Waals surface area contributed by atoms with Crippen LogP contribution >= 0.6 is 57.1 Å². The van der Waals surface area contributed by atoms with Crippen LogP contribution in [0.4, 0.5) is 0 Å². The van der Waals surface area contributed by atoms with Crippen LogP contribution in [0.1, 0.15) is 50.4 Å². The van der Waals surface area contributed by atoms with Gasteiger partial charge in [0.1, 0.15) is 18.4 Å². The fourth-order valence-corrected chi connectivity index (χ4v) is 6.86. The number of halogens is 3. The number of carbonyl (C=O) groups is 1. The SMILES string of the molecule is CCOC(=O)C1=C(C)N=c2s/c(=C/c3cc(Cl)c(OCc4ccc(I)cc4)c(Cl)c3)c(=O)n2[C@@H]1c1ccccc1OC(C)C. The number of benzene rings is 3. The largest absolute Gasteiger partial charge is 0.491 e. The van der Waals surface area contributed by atoms with Gasteiger partial charge in [0.15, 0.2) is 10.6 Å². The molecule has 0 N–H and O–H groups in total. The Morgan fingerprint density at radius 2 is 1.80 bits per heavy atom. The van der Waals surface area contributed by atoms with Crippen LogP contribution in [-0.2, 0) is 16.1 Å². The third-order valence-electron chi connectivity index (χ3n) is 6.71. The molecule has 3 aromatic carbocycles. The van der Waals surface area contributed by atoms with Gasteiger partial charge in [-0.05, 0) is 97.8 Å². The number of fused-ring (bicyclic) bond motifs is 1. The maximum Gasteiger partial charge on any atom is 0.338 e. The summed E-state index contributed by atoms with van der Waals surface area (Å²) in [6.45, 7) is 7.81. The summed E-state index contributed by atoms with van der Waals surface area (Å²) in [4.78, 5) is 32.4. The fraction of sp³-hybridized carbons (Fsp3) is 0.242. The molecule has 0 bridgehead atoms. The van der Waals surface area contributed by atoms with Gasteiger partial charge in [0, 0.05) is 9.13 Å². The monoisotopic (exact) mass is 762 g/mol. The van der Waals surface area contributed by atoms with Crippen LogP contribution < -0.4 is 24.4 Å². The summed E-state index contributed by atoms with van der Waals surface area (Å²) in [5.74, 6) is 0.395. The number of hydrogen-bond acceptors (Lipinski definition) is 7. The van der Waals surface area contributed by atoms with Crippen LogP contribution in [0.15, 0.2) is 81.7 Å². The maximum atomic E-state index is 14.1. The van der Waals surface area contributed by atoms with E-state index >= 15 is 0 Å². The zero-order valence-corrected chi connectivity index (χ0v) is 28.9. The molecular formula is C33H29Cl2IN2O5S. The lowest BCUT2D eigenvalue weighted by Gasteiger charge is -2.26. The summed E-state index contributed by atoms with van der Waals surface area (Å²) < 4.78 is 20.5. The van der Waals surface area contributed by atoms with Gasteiger partial charge in [-0.1, -0.05) is 64.9 Å². The standard InChI is InChI=1S/C33H29Cl2IN2O5S/c1-5-41-32(40)28-19(4)37-33-38(29(28)23-8-6-7-9-26(23)43-18(2)3)31(39)27(44-33)16-21-14-24(34)30(25(35)15-21)42-17-20-10-12-22(36)13-11-20/h6-16,18,29H,5,17H2,1-4H3/b27-16+/t29-/m1/s1. The highest BCUT2D eigenvalue weighted by Gasteiger charge is 2.35. The molecular weight excluding hydrogens is 734 g/mol. The minimum Gasteiger partial charge on any atom is -0.491 e. The first kappa shape index (κ1) is 32.3. The molecule has 0 amide bonds. The molecule has 1 aliphatic heterocycles. The second-order valence-corrected chi connectivity index (χ2v) is 13.3. The lowest BCUT2D eigenvalue weighted by atomic mass is 9.95. The van der Waals surface area contributed by atoms with Crippen LogP contribution in [0.3, 0.4) is 0 Å². The van der Waals surface area contributed by atoms with Crippen molar-refractivity contribution in [3.05, 3.63) is 122 Å². The molecule has 4 aromatic rings. The summed E-state index contributed by atoms with van der Waals surface area (Å²) in [7, 11) is 0. The number of rotatable bonds is 9. The molecule has 44 heavy (non-hydrogen) atoms. The van der Waals surface area contributed by atoms with Crippen molar-refractivity contribution in [2.75, 3.05) is 6.61 Å². The highest BCUT2D eigenvalue weighted by molar-refractivity contribution is 14.1. The minimum absolute atomic E-state index is 0.124. The number of allylic oxidation sites excluding steroid dienone is 1. The van der Waals surface area contributed by atoms with E-state index < -0.39 is 12.0 Å². The predicted molar refractivity (Wildman–Crippen MR) is 183 cm³/mol. The van der Waals surface area contributed by atoms with Crippen LogP contribution in [0.5, 0.6) is 11.5 Å². The number of esters is 1. The average Bonchev–Trinajstić information content (AvgIpc) is 3.26. The number of carbonyl (C=O) groups excluding carboxylic acids is 1. The maximum absolute atomic E-state index is 14.1.